The quantitative estimate of drug-likeness (QED) is 0.652. The van der Waals surface area contributed by atoms with Gasteiger partial charge in [0.1, 0.15) is 0 Å². The minimum atomic E-state index is -0.435. The summed E-state index contributed by atoms with van der Waals surface area (Å²) in [5.74, 6) is 0.996. The lowest BCUT2D eigenvalue weighted by molar-refractivity contribution is 0.239. The minimum Gasteiger partial charge on any atom is -0.494 e. The molecule has 9 heteroatoms. The second-order valence-electron chi connectivity index (χ2n) is 9.26. The number of nitrogens with zero attached hydrogens (tertiary/aromatic N) is 6. The Morgan fingerprint density at radius 1 is 0.970 bits per heavy atom. The summed E-state index contributed by atoms with van der Waals surface area (Å²) in [5.41, 5.74) is 6.80. The van der Waals surface area contributed by atoms with Crippen LogP contribution in [0.4, 0.5) is 27.9 Å². The third-order valence-electron chi connectivity index (χ3n) is 6.98. The molecule has 1 saturated heterocycles. The van der Waals surface area contributed by atoms with E-state index in [1.165, 1.54) is 38.9 Å². The van der Waals surface area contributed by atoms with E-state index in [-0.39, 0.29) is 11.7 Å². The Morgan fingerprint density at radius 3 is 2.24 bits per heavy atom. The molecule has 2 aliphatic rings. The normalized spacial score (nSPS) is 18.7. The summed E-state index contributed by atoms with van der Waals surface area (Å²) in [6.07, 6.45) is 9.47. The molecule has 0 unspecified atom stereocenters. The predicted molar refractivity (Wildman–Crippen MR) is 130 cm³/mol. The Kier molecular flexibility index (Phi) is 7.47. The lowest BCUT2D eigenvalue weighted by atomic mass is 9.98. The van der Waals surface area contributed by atoms with Crippen molar-refractivity contribution in [1.29, 1.82) is 0 Å². The number of benzene rings is 1. The number of likely N-dealkylation sites (tertiary alicyclic amines) is 1. The largest absolute Gasteiger partial charge is 0.494 e. The van der Waals surface area contributed by atoms with E-state index in [4.69, 9.17) is 15.5 Å². The Labute approximate surface area is 196 Å². The molecule has 180 valence electrons. The first-order valence-corrected chi connectivity index (χ1v) is 12.0. The van der Waals surface area contributed by atoms with Crippen molar-refractivity contribution in [2.75, 3.05) is 49.8 Å². The Morgan fingerprint density at radius 2 is 1.61 bits per heavy atom. The molecular formula is C24H36FN7O. The number of nitrogen functional groups attached to an aromatic ring is 1. The van der Waals surface area contributed by atoms with Crippen molar-refractivity contribution in [3.05, 3.63) is 24.0 Å². The minimum absolute atomic E-state index is 0.183. The SMILES string of the molecule is COc1ccc(N(C)c2nc(N)nc(N(C3CCCCCC3)C3CCN(C)CC3)n2)cc1F. The maximum Gasteiger partial charge on any atom is 0.236 e. The summed E-state index contributed by atoms with van der Waals surface area (Å²) >= 11 is 0. The van der Waals surface area contributed by atoms with Gasteiger partial charge >= 0.3 is 0 Å². The third-order valence-corrected chi connectivity index (χ3v) is 6.98. The average molecular weight is 458 g/mol. The van der Waals surface area contributed by atoms with Crippen LogP contribution in [-0.2, 0) is 0 Å². The number of methoxy groups -OCH3 is 1. The molecule has 0 atom stereocenters. The van der Waals surface area contributed by atoms with Crippen molar-refractivity contribution in [2.24, 2.45) is 0 Å². The number of hydrogen-bond donors (Lipinski definition) is 1. The molecule has 0 radical (unpaired) electrons. The van der Waals surface area contributed by atoms with Crippen LogP contribution in [-0.4, -0.2) is 66.2 Å². The highest BCUT2D eigenvalue weighted by Crippen LogP contribution is 2.32. The van der Waals surface area contributed by atoms with Gasteiger partial charge in [-0.3, -0.25) is 0 Å². The maximum atomic E-state index is 14.3. The first-order valence-electron chi connectivity index (χ1n) is 12.0. The lowest BCUT2D eigenvalue weighted by Crippen LogP contribution is -2.49. The van der Waals surface area contributed by atoms with E-state index in [9.17, 15) is 4.39 Å². The third kappa shape index (κ3) is 5.46. The number of nitrogens with two attached hydrogens (primary N) is 1. The molecule has 2 N–H and O–H groups in total. The van der Waals surface area contributed by atoms with E-state index >= 15 is 0 Å². The van der Waals surface area contributed by atoms with E-state index in [0.29, 0.717) is 29.7 Å². The number of piperidine rings is 1. The van der Waals surface area contributed by atoms with Gasteiger partial charge in [-0.25, -0.2) is 4.39 Å². The molecule has 2 aromatic rings. The Hall–Kier alpha value is -2.68. The van der Waals surface area contributed by atoms with Gasteiger partial charge < -0.3 is 25.2 Å². The zero-order valence-electron chi connectivity index (χ0n) is 20.0. The molecule has 0 bridgehead atoms. The van der Waals surface area contributed by atoms with Gasteiger partial charge in [-0.05, 0) is 58.0 Å². The molecule has 0 amide bonds. The van der Waals surface area contributed by atoms with Crippen LogP contribution in [0.15, 0.2) is 18.2 Å². The fraction of sp³-hybridized carbons (Fsp3) is 0.625. The van der Waals surface area contributed by atoms with Crippen molar-refractivity contribution in [1.82, 2.24) is 19.9 Å². The van der Waals surface area contributed by atoms with Crippen LogP contribution >= 0.6 is 0 Å². The van der Waals surface area contributed by atoms with Gasteiger partial charge in [0.05, 0.1) is 7.11 Å². The monoisotopic (exact) mass is 457 g/mol. The number of rotatable bonds is 6. The summed E-state index contributed by atoms with van der Waals surface area (Å²) in [6.45, 7) is 2.12. The smallest absolute Gasteiger partial charge is 0.236 e. The number of hydrogen-bond acceptors (Lipinski definition) is 8. The van der Waals surface area contributed by atoms with Crippen molar-refractivity contribution in [2.45, 2.75) is 63.5 Å². The molecular weight excluding hydrogens is 421 g/mol. The maximum absolute atomic E-state index is 14.3. The summed E-state index contributed by atoms with van der Waals surface area (Å²) in [7, 11) is 5.44. The fourth-order valence-corrected chi connectivity index (χ4v) is 5.05. The van der Waals surface area contributed by atoms with E-state index < -0.39 is 5.82 Å². The molecule has 1 aliphatic heterocycles. The van der Waals surface area contributed by atoms with Crippen molar-refractivity contribution >= 4 is 23.5 Å². The molecule has 0 spiro atoms. The van der Waals surface area contributed by atoms with E-state index in [1.807, 2.05) is 7.05 Å². The second-order valence-corrected chi connectivity index (χ2v) is 9.26. The predicted octanol–water partition coefficient (Wildman–Crippen LogP) is 3.99. The molecule has 2 fully saturated rings. The number of halogens is 1. The summed E-state index contributed by atoms with van der Waals surface area (Å²) in [5, 5.41) is 0. The van der Waals surface area contributed by atoms with Gasteiger partial charge in [0, 0.05) is 30.9 Å². The highest BCUT2D eigenvalue weighted by atomic mass is 19.1. The molecule has 1 aromatic carbocycles. The number of anilines is 4. The van der Waals surface area contributed by atoms with E-state index in [0.717, 1.165) is 38.8 Å². The first-order chi connectivity index (χ1) is 16.0. The molecule has 1 aromatic heterocycles. The molecule has 1 aliphatic carbocycles. The number of aromatic nitrogens is 3. The van der Waals surface area contributed by atoms with E-state index in [1.54, 1.807) is 17.0 Å². The van der Waals surface area contributed by atoms with Gasteiger partial charge in [-0.1, -0.05) is 25.7 Å². The fourth-order valence-electron chi connectivity index (χ4n) is 5.05. The zero-order chi connectivity index (χ0) is 23.4. The van der Waals surface area contributed by atoms with Crippen LogP contribution in [0.5, 0.6) is 5.75 Å². The highest BCUT2D eigenvalue weighted by Gasteiger charge is 2.32. The molecule has 4 rings (SSSR count). The van der Waals surface area contributed by atoms with Gasteiger partial charge in [0.2, 0.25) is 17.8 Å². The zero-order valence-corrected chi connectivity index (χ0v) is 20.0. The van der Waals surface area contributed by atoms with Crippen LogP contribution < -0.4 is 20.3 Å². The Balaban J connectivity index is 1.67. The van der Waals surface area contributed by atoms with Crippen LogP contribution in [0.3, 0.4) is 0 Å². The number of ether oxygens (including phenoxy) is 1. The van der Waals surface area contributed by atoms with Crippen molar-refractivity contribution in [3.8, 4) is 5.75 Å². The van der Waals surface area contributed by atoms with Gasteiger partial charge in [-0.2, -0.15) is 15.0 Å². The molecule has 33 heavy (non-hydrogen) atoms. The summed E-state index contributed by atoms with van der Waals surface area (Å²) < 4.78 is 19.4. The average Bonchev–Trinajstić information content (AvgIpc) is 3.09. The summed E-state index contributed by atoms with van der Waals surface area (Å²) in [6, 6.07) is 5.57. The summed E-state index contributed by atoms with van der Waals surface area (Å²) in [4.78, 5) is 20.4. The molecule has 8 nitrogen and oxygen atoms in total. The Bertz CT molecular complexity index is 927. The van der Waals surface area contributed by atoms with Crippen LogP contribution in [0.25, 0.3) is 0 Å². The second kappa shape index (κ2) is 10.5. The van der Waals surface area contributed by atoms with Crippen LogP contribution in [0, 0.1) is 5.82 Å². The standard InChI is InChI=1S/C24H36FN7O/c1-30-14-12-18(13-15-30)32(17-8-6-4-5-7-9-17)24-28-22(26)27-23(29-24)31(2)19-10-11-21(33-3)20(25)16-19/h10-11,16-18H,4-9,12-15H2,1-3H3,(H2,26,27,28,29). The van der Waals surface area contributed by atoms with Gasteiger partial charge in [0.15, 0.2) is 11.6 Å². The van der Waals surface area contributed by atoms with Gasteiger partial charge in [-0.15, -0.1) is 0 Å². The molecule has 2 heterocycles. The van der Waals surface area contributed by atoms with Crippen LogP contribution in [0.2, 0.25) is 0 Å². The van der Waals surface area contributed by atoms with Gasteiger partial charge in [0.25, 0.3) is 0 Å². The first kappa shape index (κ1) is 23.5. The van der Waals surface area contributed by atoms with E-state index in [2.05, 4.69) is 26.8 Å². The van der Waals surface area contributed by atoms with Crippen molar-refractivity contribution < 1.29 is 9.13 Å². The highest BCUT2D eigenvalue weighted by molar-refractivity contribution is 5.59. The van der Waals surface area contributed by atoms with Crippen LogP contribution in [0.1, 0.15) is 51.4 Å². The molecule has 1 saturated carbocycles. The topological polar surface area (TPSA) is 83.6 Å². The lowest BCUT2D eigenvalue weighted by Gasteiger charge is -2.42. The van der Waals surface area contributed by atoms with Crippen molar-refractivity contribution in [3.63, 3.8) is 0 Å².